The average molecular weight is 417 g/mol. The van der Waals surface area contributed by atoms with E-state index in [1.807, 2.05) is 31.2 Å². The fourth-order valence-electron chi connectivity index (χ4n) is 2.32. The van der Waals surface area contributed by atoms with Gasteiger partial charge in [-0.25, -0.2) is 0 Å². The molecule has 2 aromatic carbocycles. The molecule has 0 saturated heterocycles. The van der Waals surface area contributed by atoms with Gasteiger partial charge in [0.2, 0.25) is 0 Å². The summed E-state index contributed by atoms with van der Waals surface area (Å²) in [7, 11) is 0. The Bertz CT molecular complexity index is 794. The second kappa shape index (κ2) is 12.0. The maximum Gasteiger partial charge on any atom is 0.257 e. The first-order valence-corrected chi connectivity index (χ1v) is 10.0. The maximum atomic E-state index is 12.4. The lowest BCUT2D eigenvalue weighted by Crippen LogP contribution is -2.34. The summed E-state index contributed by atoms with van der Waals surface area (Å²) in [5, 5.41) is 5.88. The minimum Gasteiger partial charge on any atom is -0.493 e. The van der Waals surface area contributed by atoms with Crippen LogP contribution in [0.15, 0.2) is 48.5 Å². The lowest BCUT2D eigenvalue weighted by Gasteiger charge is -2.12. The van der Waals surface area contributed by atoms with Gasteiger partial charge in [0, 0.05) is 17.9 Å². The minimum atomic E-state index is -0.311. The van der Waals surface area contributed by atoms with E-state index in [1.165, 1.54) is 0 Å². The fraction of sp³-hybridized carbons (Fsp3) is 0.364. The van der Waals surface area contributed by atoms with Crippen molar-refractivity contribution in [3.63, 3.8) is 0 Å². The highest BCUT2D eigenvalue weighted by Crippen LogP contribution is 2.17. The van der Waals surface area contributed by atoms with E-state index in [0.29, 0.717) is 43.7 Å². The number of carbonyl (C=O) groups excluding carboxylic acids is 1. The second-order valence-electron chi connectivity index (χ2n) is 6.71. The molecule has 2 aromatic rings. The molecule has 2 N–H and O–H groups in total. The summed E-state index contributed by atoms with van der Waals surface area (Å²) in [5.74, 6) is 1.55. The molecule has 0 spiro atoms. The third-order valence-electron chi connectivity index (χ3n) is 3.72. The van der Waals surface area contributed by atoms with E-state index in [2.05, 4.69) is 24.5 Å². The van der Waals surface area contributed by atoms with E-state index < -0.39 is 0 Å². The molecule has 0 fully saturated rings. The standard InChI is InChI=1S/C22H28N2O4S/c1-4-26-12-13-27-20-7-5-6-17(14-20)21(25)24-22(29)23-18-8-10-19(11-9-18)28-15-16(2)3/h5-11,14,16H,4,12-13,15H2,1-3H3,(H2,23,24,25,29). The van der Waals surface area contributed by atoms with Crippen molar-refractivity contribution in [2.24, 2.45) is 5.92 Å². The van der Waals surface area contributed by atoms with Crippen molar-refractivity contribution in [2.75, 3.05) is 31.7 Å². The van der Waals surface area contributed by atoms with Crippen LogP contribution in [0.4, 0.5) is 5.69 Å². The van der Waals surface area contributed by atoms with Gasteiger partial charge < -0.3 is 19.5 Å². The minimum absolute atomic E-state index is 0.216. The summed E-state index contributed by atoms with van der Waals surface area (Å²) in [4.78, 5) is 12.4. The Morgan fingerprint density at radius 3 is 2.48 bits per heavy atom. The van der Waals surface area contributed by atoms with Crippen LogP contribution in [0, 0.1) is 5.92 Å². The van der Waals surface area contributed by atoms with E-state index in [9.17, 15) is 4.79 Å². The lowest BCUT2D eigenvalue weighted by molar-refractivity contribution is 0.0976. The Kier molecular flexibility index (Phi) is 9.40. The van der Waals surface area contributed by atoms with Gasteiger partial charge in [0.25, 0.3) is 5.91 Å². The maximum absolute atomic E-state index is 12.4. The van der Waals surface area contributed by atoms with Gasteiger partial charge >= 0.3 is 0 Å². The normalized spacial score (nSPS) is 10.5. The number of ether oxygens (including phenoxy) is 3. The molecule has 0 radical (unpaired) electrons. The van der Waals surface area contributed by atoms with Crippen LogP contribution in [0.5, 0.6) is 11.5 Å². The second-order valence-corrected chi connectivity index (χ2v) is 7.12. The zero-order valence-electron chi connectivity index (χ0n) is 17.1. The zero-order valence-corrected chi connectivity index (χ0v) is 17.9. The molecule has 0 atom stereocenters. The van der Waals surface area contributed by atoms with Crippen molar-refractivity contribution < 1.29 is 19.0 Å². The summed E-state index contributed by atoms with van der Waals surface area (Å²) in [6.45, 7) is 8.36. The van der Waals surface area contributed by atoms with Crippen LogP contribution in [0.25, 0.3) is 0 Å². The van der Waals surface area contributed by atoms with Crippen molar-refractivity contribution in [1.29, 1.82) is 0 Å². The molecule has 0 aliphatic carbocycles. The molecular formula is C22H28N2O4S. The predicted molar refractivity (Wildman–Crippen MR) is 119 cm³/mol. The molecule has 1 amide bonds. The van der Waals surface area contributed by atoms with Crippen LogP contribution < -0.4 is 20.1 Å². The summed E-state index contributed by atoms with van der Waals surface area (Å²) in [6.07, 6.45) is 0. The van der Waals surface area contributed by atoms with Crippen molar-refractivity contribution >= 4 is 28.9 Å². The molecule has 0 saturated carbocycles. The number of amides is 1. The van der Waals surface area contributed by atoms with Crippen LogP contribution in [-0.4, -0.2) is 37.4 Å². The first-order chi connectivity index (χ1) is 14.0. The Hall–Kier alpha value is -2.64. The molecule has 156 valence electrons. The highest BCUT2D eigenvalue weighted by molar-refractivity contribution is 7.80. The van der Waals surface area contributed by atoms with Gasteiger partial charge in [0.1, 0.15) is 18.1 Å². The number of benzene rings is 2. The molecule has 0 unspecified atom stereocenters. The van der Waals surface area contributed by atoms with Crippen LogP contribution in [0.3, 0.4) is 0 Å². The Balaban J connectivity index is 1.84. The Labute approximate surface area is 177 Å². The van der Waals surface area contributed by atoms with Crippen molar-refractivity contribution in [3.8, 4) is 11.5 Å². The Morgan fingerprint density at radius 2 is 1.79 bits per heavy atom. The molecule has 29 heavy (non-hydrogen) atoms. The smallest absolute Gasteiger partial charge is 0.257 e. The number of carbonyl (C=O) groups is 1. The van der Waals surface area contributed by atoms with Gasteiger partial charge in [-0.3, -0.25) is 10.1 Å². The van der Waals surface area contributed by atoms with E-state index in [0.717, 1.165) is 11.4 Å². The summed E-state index contributed by atoms with van der Waals surface area (Å²) >= 11 is 5.24. The van der Waals surface area contributed by atoms with Crippen molar-refractivity contribution in [2.45, 2.75) is 20.8 Å². The fourth-order valence-corrected chi connectivity index (χ4v) is 2.54. The first kappa shape index (κ1) is 22.6. The molecule has 0 aliphatic rings. The molecule has 0 aliphatic heterocycles. The summed E-state index contributed by atoms with van der Waals surface area (Å²) in [5.41, 5.74) is 1.22. The first-order valence-electron chi connectivity index (χ1n) is 9.63. The molecule has 6 nitrogen and oxygen atoms in total. The van der Waals surface area contributed by atoms with E-state index >= 15 is 0 Å². The molecule has 0 bridgehead atoms. The zero-order chi connectivity index (χ0) is 21.1. The third kappa shape index (κ3) is 8.50. The highest BCUT2D eigenvalue weighted by Gasteiger charge is 2.09. The summed E-state index contributed by atoms with van der Waals surface area (Å²) < 4.78 is 16.5. The number of hydrogen-bond donors (Lipinski definition) is 2. The van der Waals surface area contributed by atoms with E-state index in [1.54, 1.807) is 24.3 Å². The van der Waals surface area contributed by atoms with Gasteiger partial charge in [-0.2, -0.15) is 0 Å². The van der Waals surface area contributed by atoms with Crippen molar-refractivity contribution in [1.82, 2.24) is 5.32 Å². The molecule has 7 heteroatoms. The highest BCUT2D eigenvalue weighted by atomic mass is 32.1. The topological polar surface area (TPSA) is 68.8 Å². The number of anilines is 1. The number of rotatable bonds is 10. The van der Waals surface area contributed by atoms with Crippen molar-refractivity contribution in [3.05, 3.63) is 54.1 Å². The van der Waals surface area contributed by atoms with Crippen LogP contribution >= 0.6 is 12.2 Å². The molecule has 0 aromatic heterocycles. The molecule has 0 heterocycles. The SMILES string of the molecule is CCOCCOc1cccc(C(=O)NC(=S)Nc2ccc(OCC(C)C)cc2)c1. The number of nitrogens with one attached hydrogen (secondary N) is 2. The predicted octanol–water partition coefficient (Wildman–Crippen LogP) is 4.26. The number of hydrogen-bond acceptors (Lipinski definition) is 5. The number of thiocarbonyl (C=S) groups is 1. The third-order valence-corrected chi connectivity index (χ3v) is 3.92. The van der Waals surface area contributed by atoms with Gasteiger partial charge in [0.05, 0.1) is 13.2 Å². The van der Waals surface area contributed by atoms with Gasteiger partial charge in [0.15, 0.2) is 5.11 Å². The van der Waals surface area contributed by atoms with Gasteiger partial charge in [-0.1, -0.05) is 19.9 Å². The van der Waals surface area contributed by atoms with Crippen LogP contribution in [0.1, 0.15) is 31.1 Å². The molecule has 2 rings (SSSR count). The van der Waals surface area contributed by atoms with E-state index in [-0.39, 0.29) is 11.0 Å². The average Bonchev–Trinajstić information content (AvgIpc) is 2.71. The lowest BCUT2D eigenvalue weighted by atomic mass is 10.2. The van der Waals surface area contributed by atoms with Gasteiger partial charge in [-0.15, -0.1) is 0 Å². The largest absolute Gasteiger partial charge is 0.493 e. The Morgan fingerprint density at radius 1 is 1.03 bits per heavy atom. The van der Waals surface area contributed by atoms with Gasteiger partial charge in [-0.05, 0) is 67.5 Å². The molecular weight excluding hydrogens is 388 g/mol. The van der Waals surface area contributed by atoms with E-state index in [4.69, 9.17) is 26.4 Å². The monoisotopic (exact) mass is 416 g/mol. The van der Waals surface area contributed by atoms with Crippen LogP contribution in [-0.2, 0) is 4.74 Å². The summed E-state index contributed by atoms with van der Waals surface area (Å²) in [6, 6.07) is 14.3. The quantitative estimate of drug-likeness (QED) is 0.445. The van der Waals surface area contributed by atoms with Crippen LogP contribution in [0.2, 0.25) is 0 Å².